The molecule has 1 aliphatic heterocycles. The summed E-state index contributed by atoms with van der Waals surface area (Å²) in [6.45, 7) is 6.39. The molecule has 2 atom stereocenters. The number of nitrogens with zero attached hydrogens (tertiary/aromatic N) is 3. The summed E-state index contributed by atoms with van der Waals surface area (Å²) in [4.78, 5) is 4.71. The minimum atomic E-state index is 0.499. The van der Waals surface area contributed by atoms with Crippen molar-refractivity contribution in [3.63, 3.8) is 0 Å². The molecule has 1 heterocycles. The summed E-state index contributed by atoms with van der Waals surface area (Å²) in [6.07, 6.45) is 0. The van der Waals surface area contributed by atoms with E-state index in [4.69, 9.17) is 0 Å². The fourth-order valence-electron chi connectivity index (χ4n) is 2.46. The van der Waals surface area contributed by atoms with E-state index >= 15 is 0 Å². The maximum absolute atomic E-state index is 9.22. The molecule has 1 aliphatic rings. The zero-order chi connectivity index (χ0) is 13.3. The van der Waals surface area contributed by atoms with Crippen molar-refractivity contribution in [3.05, 3.63) is 28.2 Å². The van der Waals surface area contributed by atoms with Crippen LogP contribution in [0.1, 0.15) is 19.4 Å². The zero-order valence-corrected chi connectivity index (χ0v) is 12.6. The van der Waals surface area contributed by atoms with Gasteiger partial charge in [-0.2, -0.15) is 5.26 Å². The quantitative estimate of drug-likeness (QED) is 0.799. The molecular formula is C14H18BrN3. The number of halogens is 1. The molecule has 0 radical (unpaired) electrons. The third-order valence-electron chi connectivity index (χ3n) is 3.78. The van der Waals surface area contributed by atoms with Gasteiger partial charge in [0.1, 0.15) is 6.07 Å². The second-order valence-electron chi connectivity index (χ2n) is 5.04. The van der Waals surface area contributed by atoms with Crippen LogP contribution in [0, 0.1) is 11.3 Å². The van der Waals surface area contributed by atoms with Crippen LogP contribution >= 0.6 is 15.9 Å². The number of hydrogen-bond acceptors (Lipinski definition) is 3. The van der Waals surface area contributed by atoms with E-state index in [2.05, 4.69) is 52.7 Å². The van der Waals surface area contributed by atoms with Gasteiger partial charge < -0.3 is 4.90 Å². The average Bonchev–Trinajstić information content (AvgIpc) is 2.35. The fourth-order valence-corrected chi connectivity index (χ4v) is 2.81. The van der Waals surface area contributed by atoms with Gasteiger partial charge in [-0.3, -0.25) is 4.90 Å². The Kier molecular flexibility index (Phi) is 3.94. The van der Waals surface area contributed by atoms with E-state index in [1.54, 1.807) is 0 Å². The third kappa shape index (κ3) is 2.52. The lowest BCUT2D eigenvalue weighted by atomic mass is 10.1. The van der Waals surface area contributed by atoms with Gasteiger partial charge in [-0.1, -0.05) is 15.9 Å². The molecule has 1 fully saturated rings. The van der Waals surface area contributed by atoms with Crippen molar-refractivity contribution in [3.8, 4) is 6.07 Å². The normalized spacial score (nSPS) is 24.9. The van der Waals surface area contributed by atoms with Crippen molar-refractivity contribution < 1.29 is 0 Å². The van der Waals surface area contributed by atoms with Crippen molar-refractivity contribution in [1.82, 2.24) is 4.90 Å². The van der Waals surface area contributed by atoms with Crippen molar-refractivity contribution >= 4 is 21.6 Å². The van der Waals surface area contributed by atoms with Crippen LogP contribution in [0.4, 0.5) is 5.69 Å². The number of benzene rings is 1. The third-order valence-corrected chi connectivity index (χ3v) is 4.27. The summed E-state index contributed by atoms with van der Waals surface area (Å²) in [6, 6.07) is 9.13. The number of rotatable bonds is 1. The van der Waals surface area contributed by atoms with Gasteiger partial charge in [0.15, 0.2) is 0 Å². The lowest BCUT2D eigenvalue weighted by molar-refractivity contribution is 0.170. The summed E-state index contributed by atoms with van der Waals surface area (Å²) in [5.41, 5.74) is 1.79. The summed E-state index contributed by atoms with van der Waals surface area (Å²) >= 11 is 3.49. The van der Waals surface area contributed by atoms with E-state index in [1.807, 2.05) is 18.2 Å². The SMILES string of the molecule is CC1CN(c2cc(Br)ccc2C#N)CC(C)N1C. The topological polar surface area (TPSA) is 30.3 Å². The Morgan fingerprint density at radius 1 is 1.28 bits per heavy atom. The summed E-state index contributed by atoms with van der Waals surface area (Å²) in [7, 11) is 2.17. The summed E-state index contributed by atoms with van der Waals surface area (Å²) < 4.78 is 1.02. The Labute approximate surface area is 117 Å². The van der Waals surface area contributed by atoms with Gasteiger partial charge in [0.2, 0.25) is 0 Å². The Hall–Kier alpha value is -1.05. The molecule has 2 rings (SSSR count). The Morgan fingerprint density at radius 3 is 2.44 bits per heavy atom. The van der Waals surface area contributed by atoms with Crippen LogP contribution in [-0.2, 0) is 0 Å². The lowest BCUT2D eigenvalue weighted by Gasteiger charge is -2.43. The average molecular weight is 308 g/mol. The minimum absolute atomic E-state index is 0.499. The molecule has 0 bridgehead atoms. The van der Waals surface area contributed by atoms with Crippen LogP contribution in [0.25, 0.3) is 0 Å². The second kappa shape index (κ2) is 5.29. The first kappa shape index (κ1) is 13.4. The number of likely N-dealkylation sites (N-methyl/N-ethyl adjacent to an activating group) is 1. The van der Waals surface area contributed by atoms with E-state index in [0.717, 1.165) is 28.8 Å². The van der Waals surface area contributed by atoms with E-state index in [0.29, 0.717) is 12.1 Å². The van der Waals surface area contributed by atoms with Gasteiger partial charge in [0.25, 0.3) is 0 Å². The van der Waals surface area contributed by atoms with E-state index < -0.39 is 0 Å². The Balaban J connectivity index is 2.32. The monoisotopic (exact) mass is 307 g/mol. The van der Waals surface area contributed by atoms with Crippen LogP contribution in [0.15, 0.2) is 22.7 Å². The maximum atomic E-state index is 9.22. The molecule has 1 aromatic carbocycles. The summed E-state index contributed by atoms with van der Waals surface area (Å²) in [5, 5.41) is 9.22. The van der Waals surface area contributed by atoms with Crippen molar-refractivity contribution in [2.45, 2.75) is 25.9 Å². The molecule has 1 aromatic rings. The molecule has 18 heavy (non-hydrogen) atoms. The first-order valence-electron chi connectivity index (χ1n) is 6.19. The van der Waals surface area contributed by atoms with Gasteiger partial charge in [-0.25, -0.2) is 0 Å². The van der Waals surface area contributed by atoms with Crippen molar-refractivity contribution in [2.24, 2.45) is 0 Å². The number of hydrogen-bond donors (Lipinski definition) is 0. The van der Waals surface area contributed by atoms with Crippen LogP contribution in [0.3, 0.4) is 0 Å². The highest BCUT2D eigenvalue weighted by atomic mass is 79.9. The largest absolute Gasteiger partial charge is 0.367 e. The molecule has 0 aromatic heterocycles. The van der Waals surface area contributed by atoms with Gasteiger partial charge in [0, 0.05) is 29.6 Å². The molecule has 1 saturated heterocycles. The van der Waals surface area contributed by atoms with Crippen LogP contribution < -0.4 is 4.90 Å². The number of nitriles is 1. The predicted octanol–water partition coefficient (Wildman–Crippen LogP) is 2.85. The van der Waals surface area contributed by atoms with Crippen LogP contribution in [-0.4, -0.2) is 37.1 Å². The molecule has 0 amide bonds. The van der Waals surface area contributed by atoms with Gasteiger partial charge >= 0.3 is 0 Å². The van der Waals surface area contributed by atoms with Gasteiger partial charge in [-0.15, -0.1) is 0 Å². The van der Waals surface area contributed by atoms with E-state index in [-0.39, 0.29) is 0 Å². The molecule has 0 spiro atoms. The van der Waals surface area contributed by atoms with E-state index in [1.165, 1.54) is 0 Å². The summed E-state index contributed by atoms with van der Waals surface area (Å²) in [5.74, 6) is 0. The highest BCUT2D eigenvalue weighted by Gasteiger charge is 2.27. The first-order valence-corrected chi connectivity index (χ1v) is 6.98. The van der Waals surface area contributed by atoms with Crippen molar-refractivity contribution in [1.29, 1.82) is 5.26 Å². The fraction of sp³-hybridized carbons (Fsp3) is 0.500. The van der Waals surface area contributed by atoms with Crippen LogP contribution in [0.2, 0.25) is 0 Å². The minimum Gasteiger partial charge on any atom is -0.367 e. The second-order valence-corrected chi connectivity index (χ2v) is 5.96. The maximum Gasteiger partial charge on any atom is 0.101 e. The van der Waals surface area contributed by atoms with Crippen molar-refractivity contribution in [2.75, 3.05) is 25.0 Å². The highest BCUT2D eigenvalue weighted by Crippen LogP contribution is 2.27. The zero-order valence-electron chi connectivity index (χ0n) is 11.0. The lowest BCUT2D eigenvalue weighted by Crippen LogP contribution is -2.55. The number of anilines is 1. The first-order chi connectivity index (χ1) is 8.52. The van der Waals surface area contributed by atoms with Gasteiger partial charge in [-0.05, 0) is 39.1 Å². The molecule has 3 nitrogen and oxygen atoms in total. The highest BCUT2D eigenvalue weighted by molar-refractivity contribution is 9.10. The molecule has 2 unspecified atom stereocenters. The molecule has 0 aliphatic carbocycles. The molecule has 0 saturated carbocycles. The standard InChI is InChI=1S/C14H18BrN3/c1-10-8-18(9-11(2)17(10)3)14-6-13(15)5-4-12(14)7-16/h4-6,10-11H,8-9H2,1-3H3. The molecular weight excluding hydrogens is 290 g/mol. The van der Waals surface area contributed by atoms with Gasteiger partial charge in [0.05, 0.1) is 11.3 Å². The smallest absolute Gasteiger partial charge is 0.101 e. The predicted molar refractivity (Wildman–Crippen MR) is 77.8 cm³/mol. The molecule has 0 N–H and O–H groups in total. The Morgan fingerprint density at radius 2 is 1.89 bits per heavy atom. The van der Waals surface area contributed by atoms with Crippen LogP contribution in [0.5, 0.6) is 0 Å². The Bertz CT molecular complexity index is 468. The molecule has 4 heteroatoms. The molecule has 96 valence electrons. The van der Waals surface area contributed by atoms with E-state index in [9.17, 15) is 5.26 Å². The number of piperazine rings is 1.